The van der Waals surface area contributed by atoms with Crippen molar-refractivity contribution in [1.29, 1.82) is 0 Å². The van der Waals surface area contributed by atoms with Crippen molar-refractivity contribution in [2.75, 3.05) is 6.61 Å². The van der Waals surface area contributed by atoms with Crippen LogP contribution in [0.4, 0.5) is 13.2 Å². The molecule has 2 heterocycles. The number of alkyl halides is 3. The van der Waals surface area contributed by atoms with Crippen LogP contribution in [0.1, 0.15) is 46.4 Å². The molecule has 2 aliphatic rings. The van der Waals surface area contributed by atoms with Crippen LogP contribution in [0.5, 0.6) is 5.75 Å². The molecule has 5 atom stereocenters. The largest absolute Gasteiger partial charge is 0.493 e. The molecule has 10 heteroatoms. The number of hydrogen-bond donors (Lipinski definition) is 2. The lowest BCUT2D eigenvalue weighted by Crippen LogP contribution is -2.33. The van der Waals surface area contributed by atoms with E-state index in [1.54, 1.807) is 0 Å². The Morgan fingerprint density at radius 1 is 1.27 bits per heavy atom. The highest BCUT2D eigenvalue weighted by Crippen LogP contribution is 2.46. The maximum atomic E-state index is 12.7. The van der Waals surface area contributed by atoms with E-state index in [0.717, 1.165) is 18.6 Å². The molecule has 1 aliphatic carbocycles. The highest BCUT2D eigenvalue weighted by molar-refractivity contribution is 7.09. The number of carboxylic acids is 1. The molecule has 1 saturated carbocycles. The monoisotopic (exact) mass is 443 g/mol. The number of aliphatic hydroxyl groups excluding tert-OH is 1. The van der Waals surface area contributed by atoms with E-state index in [0.29, 0.717) is 23.6 Å². The summed E-state index contributed by atoms with van der Waals surface area (Å²) in [5, 5.41) is 21.6. The fourth-order valence-electron chi connectivity index (χ4n) is 4.21. The number of hydrogen-bond acceptors (Lipinski definition) is 6. The van der Waals surface area contributed by atoms with E-state index < -0.39 is 23.8 Å². The van der Waals surface area contributed by atoms with Gasteiger partial charge in [0, 0.05) is 17.7 Å². The lowest BCUT2D eigenvalue weighted by atomic mass is 9.87. The summed E-state index contributed by atoms with van der Waals surface area (Å²) in [7, 11) is 0. The normalized spacial score (nSPS) is 28.9. The van der Waals surface area contributed by atoms with Gasteiger partial charge in [-0.15, -0.1) is 11.3 Å². The molecule has 1 saturated heterocycles. The second-order valence-corrected chi connectivity index (χ2v) is 8.47. The number of benzene rings is 1. The predicted molar refractivity (Wildman–Crippen MR) is 100 cm³/mol. The molecule has 6 nitrogen and oxygen atoms in total. The fraction of sp³-hybridized carbons (Fsp3) is 0.500. The van der Waals surface area contributed by atoms with Crippen molar-refractivity contribution >= 4 is 17.3 Å². The van der Waals surface area contributed by atoms with Crippen molar-refractivity contribution in [3.63, 3.8) is 0 Å². The Balaban J connectivity index is 1.36. The Kier molecular flexibility index (Phi) is 5.73. The number of aromatic nitrogens is 1. The third kappa shape index (κ3) is 4.30. The van der Waals surface area contributed by atoms with E-state index in [9.17, 15) is 23.1 Å². The second kappa shape index (κ2) is 8.16. The summed E-state index contributed by atoms with van der Waals surface area (Å²) < 4.78 is 49.8. The quantitative estimate of drug-likeness (QED) is 0.722. The number of fused-ring (bicyclic) bond motifs is 1. The van der Waals surface area contributed by atoms with Crippen molar-refractivity contribution in [2.45, 2.75) is 43.8 Å². The smallest absolute Gasteiger partial charge is 0.416 e. The van der Waals surface area contributed by atoms with Gasteiger partial charge in [-0.1, -0.05) is 0 Å². The lowest BCUT2D eigenvalue weighted by molar-refractivity contribution is -0.137. The first-order valence-corrected chi connectivity index (χ1v) is 10.4. The summed E-state index contributed by atoms with van der Waals surface area (Å²) in [5.74, 6) is -0.895. The van der Waals surface area contributed by atoms with Gasteiger partial charge in [0.15, 0.2) is 5.69 Å². The molecular weight excluding hydrogens is 423 g/mol. The van der Waals surface area contributed by atoms with Gasteiger partial charge in [0.2, 0.25) is 0 Å². The number of aromatic carboxylic acids is 1. The second-order valence-electron chi connectivity index (χ2n) is 7.58. The minimum atomic E-state index is -4.40. The summed E-state index contributed by atoms with van der Waals surface area (Å²) in [6.07, 6.45) is -3.69. The van der Waals surface area contributed by atoms with E-state index in [4.69, 9.17) is 14.6 Å². The van der Waals surface area contributed by atoms with Gasteiger partial charge < -0.3 is 19.7 Å². The Hall–Kier alpha value is -2.17. The average molecular weight is 443 g/mol. The molecule has 4 rings (SSSR count). The molecule has 0 radical (unpaired) electrons. The van der Waals surface area contributed by atoms with Crippen LogP contribution in [0.3, 0.4) is 0 Å². The number of carbonyl (C=O) groups is 1. The summed E-state index contributed by atoms with van der Waals surface area (Å²) in [5.41, 5.74) is -0.745. The molecule has 5 unspecified atom stereocenters. The lowest BCUT2D eigenvalue weighted by Gasteiger charge is -2.33. The van der Waals surface area contributed by atoms with Crippen molar-refractivity contribution in [1.82, 2.24) is 4.98 Å². The third-order valence-electron chi connectivity index (χ3n) is 5.74. The van der Waals surface area contributed by atoms with Crippen LogP contribution in [0, 0.1) is 11.8 Å². The summed E-state index contributed by atoms with van der Waals surface area (Å²) in [6, 6.07) is 4.49. The van der Waals surface area contributed by atoms with Gasteiger partial charge in [-0.3, -0.25) is 0 Å². The van der Waals surface area contributed by atoms with E-state index in [1.165, 1.54) is 28.8 Å². The highest BCUT2D eigenvalue weighted by atomic mass is 32.1. The van der Waals surface area contributed by atoms with Crippen LogP contribution in [0.2, 0.25) is 0 Å². The zero-order valence-electron chi connectivity index (χ0n) is 15.7. The number of carboxylic acid groups (broad SMARTS) is 1. The number of nitrogens with zero attached hydrogens (tertiary/aromatic N) is 1. The third-order valence-corrected chi connectivity index (χ3v) is 6.67. The number of thiazole rings is 1. The van der Waals surface area contributed by atoms with Gasteiger partial charge in [-0.25, -0.2) is 9.78 Å². The summed E-state index contributed by atoms with van der Waals surface area (Å²) in [6.45, 7) is 0.183. The average Bonchev–Trinajstić information content (AvgIpc) is 3.30. The molecular formula is C20H20F3NO5S. The molecule has 2 aromatic rings. The van der Waals surface area contributed by atoms with Crippen LogP contribution >= 0.6 is 11.3 Å². The minimum Gasteiger partial charge on any atom is -0.493 e. The number of aliphatic hydroxyl groups is 1. The zero-order valence-corrected chi connectivity index (χ0v) is 16.5. The minimum absolute atomic E-state index is 0.00463. The number of halogens is 3. The van der Waals surface area contributed by atoms with Crippen LogP contribution in [-0.2, 0) is 10.9 Å². The molecule has 0 bridgehead atoms. The van der Waals surface area contributed by atoms with Crippen molar-refractivity contribution < 1.29 is 37.7 Å². The molecule has 162 valence electrons. The van der Waals surface area contributed by atoms with Crippen molar-refractivity contribution in [3.05, 3.63) is 45.9 Å². The summed E-state index contributed by atoms with van der Waals surface area (Å²) in [4.78, 5) is 15.1. The number of ether oxygens (including phenoxy) is 2. The first-order valence-electron chi connectivity index (χ1n) is 9.54. The Bertz CT molecular complexity index is 901. The molecule has 2 fully saturated rings. The fourth-order valence-corrected chi connectivity index (χ4v) is 5.07. The van der Waals surface area contributed by atoms with Crippen LogP contribution < -0.4 is 4.74 Å². The Morgan fingerprint density at radius 2 is 2.00 bits per heavy atom. The SMILES string of the molecule is O=C(O)c1csc(C2CCC3C(CC(O)C3COc3ccc(C(F)(F)F)cc3)O2)n1. The van der Waals surface area contributed by atoms with Gasteiger partial charge in [0.05, 0.1) is 24.4 Å². The first-order chi connectivity index (χ1) is 14.2. The molecule has 0 spiro atoms. The molecule has 1 aliphatic heterocycles. The highest BCUT2D eigenvalue weighted by Gasteiger charge is 2.47. The predicted octanol–water partition coefficient (Wildman–Crippen LogP) is 4.16. The molecule has 30 heavy (non-hydrogen) atoms. The van der Waals surface area contributed by atoms with Gasteiger partial charge in [-0.05, 0) is 43.0 Å². The van der Waals surface area contributed by atoms with E-state index in [1.807, 2.05) is 0 Å². The standard InChI is InChI=1S/C20H20F3NO5S/c21-20(22,23)10-1-3-11(4-2-10)28-8-13-12-5-6-16(29-17(12)7-15(13)25)18-24-14(9-30-18)19(26)27/h1-4,9,12-13,15-17,25H,5-8H2,(H,26,27). The first kappa shape index (κ1) is 21.1. The van der Waals surface area contributed by atoms with E-state index in [2.05, 4.69) is 4.98 Å². The van der Waals surface area contributed by atoms with Crippen LogP contribution in [-0.4, -0.2) is 40.0 Å². The molecule has 2 N–H and O–H groups in total. The van der Waals surface area contributed by atoms with Crippen LogP contribution in [0.25, 0.3) is 0 Å². The zero-order chi connectivity index (χ0) is 21.5. The maximum absolute atomic E-state index is 12.7. The molecule has 0 amide bonds. The van der Waals surface area contributed by atoms with Gasteiger partial charge in [0.25, 0.3) is 0 Å². The molecule has 1 aromatic heterocycles. The molecule has 1 aromatic carbocycles. The van der Waals surface area contributed by atoms with E-state index >= 15 is 0 Å². The topological polar surface area (TPSA) is 88.9 Å². The summed E-state index contributed by atoms with van der Waals surface area (Å²) >= 11 is 1.25. The van der Waals surface area contributed by atoms with Crippen molar-refractivity contribution in [2.24, 2.45) is 11.8 Å². The van der Waals surface area contributed by atoms with Gasteiger partial charge >= 0.3 is 12.1 Å². The van der Waals surface area contributed by atoms with Crippen molar-refractivity contribution in [3.8, 4) is 5.75 Å². The number of rotatable bonds is 5. The Labute approximate surface area is 174 Å². The van der Waals surface area contributed by atoms with Gasteiger partial charge in [-0.2, -0.15) is 13.2 Å². The Morgan fingerprint density at radius 3 is 2.63 bits per heavy atom. The maximum Gasteiger partial charge on any atom is 0.416 e. The van der Waals surface area contributed by atoms with Crippen LogP contribution in [0.15, 0.2) is 29.6 Å². The van der Waals surface area contributed by atoms with Gasteiger partial charge in [0.1, 0.15) is 16.9 Å². The van der Waals surface area contributed by atoms with E-state index in [-0.39, 0.29) is 36.3 Å².